The Balaban J connectivity index is 1.70. The van der Waals surface area contributed by atoms with E-state index < -0.39 is 53.4 Å². The van der Waals surface area contributed by atoms with Crippen LogP contribution in [0.4, 0.5) is 8.78 Å². The first-order chi connectivity index (χ1) is 14.4. The van der Waals surface area contributed by atoms with Gasteiger partial charge in [0.05, 0.1) is 16.8 Å². The number of aliphatic carboxylic acids is 1. The maximum absolute atomic E-state index is 13.8. The zero-order valence-corrected chi connectivity index (χ0v) is 17.7. The normalized spacial score (nSPS) is 17.9. The highest BCUT2D eigenvalue weighted by Crippen LogP contribution is 2.36. The number of hydrogen-bond donors (Lipinski definition) is 2. The van der Waals surface area contributed by atoms with E-state index in [1.54, 1.807) is 24.3 Å². The highest BCUT2D eigenvalue weighted by atomic mass is 19.2. The number of nitrogens with one attached hydrogen (secondary N) is 1. The van der Waals surface area contributed by atoms with Crippen molar-refractivity contribution < 1.29 is 32.8 Å². The van der Waals surface area contributed by atoms with Crippen LogP contribution in [-0.4, -0.2) is 41.3 Å². The van der Waals surface area contributed by atoms with Gasteiger partial charge in [-0.25, -0.2) is 13.6 Å². The second kappa shape index (κ2) is 8.40. The van der Waals surface area contributed by atoms with E-state index in [0.717, 1.165) is 17.6 Å². The quantitative estimate of drug-likeness (QED) is 0.688. The van der Waals surface area contributed by atoms with Crippen molar-refractivity contribution in [3.05, 3.63) is 65.2 Å². The summed E-state index contributed by atoms with van der Waals surface area (Å²) < 4.78 is 39.2. The molecule has 0 aliphatic carbocycles. The summed E-state index contributed by atoms with van der Waals surface area (Å²) in [6, 6.07) is 8.79. The number of benzene rings is 2. The molecule has 1 aliphatic rings. The molecule has 6 nitrogen and oxygen atoms in total. The number of amides is 1. The van der Waals surface area contributed by atoms with Gasteiger partial charge in [0.2, 0.25) is 0 Å². The summed E-state index contributed by atoms with van der Waals surface area (Å²) in [5, 5.41) is 11.7. The molecule has 2 aromatic rings. The van der Waals surface area contributed by atoms with Gasteiger partial charge in [0, 0.05) is 6.42 Å². The van der Waals surface area contributed by atoms with Crippen molar-refractivity contribution in [3.63, 3.8) is 0 Å². The molecule has 1 atom stereocenters. The Morgan fingerprint density at radius 3 is 2.16 bits per heavy atom. The van der Waals surface area contributed by atoms with Crippen LogP contribution in [0.2, 0.25) is 0 Å². The van der Waals surface area contributed by atoms with Gasteiger partial charge in [-0.15, -0.1) is 0 Å². The van der Waals surface area contributed by atoms with Crippen molar-refractivity contribution in [2.45, 2.75) is 51.4 Å². The monoisotopic (exact) mass is 431 g/mol. The topological polar surface area (TPSA) is 84.9 Å². The van der Waals surface area contributed by atoms with Gasteiger partial charge in [-0.1, -0.05) is 30.3 Å². The first-order valence-corrected chi connectivity index (χ1v) is 9.83. The third-order valence-corrected chi connectivity index (χ3v) is 5.74. The van der Waals surface area contributed by atoms with E-state index in [0.29, 0.717) is 5.56 Å². The number of carboxylic acid groups (broad SMARTS) is 1. The number of carbonyl (C=O) groups excluding carboxylic acids is 1. The van der Waals surface area contributed by atoms with Gasteiger partial charge in [0.1, 0.15) is 6.04 Å². The lowest BCUT2D eigenvalue weighted by atomic mass is 9.78. The van der Waals surface area contributed by atoms with E-state index >= 15 is 0 Å². The van der Waals surface area contributed by atoms with Gasteiger partial charge in [0.15, 0.2) is 11.6 Å². The lowest BCUT2D eigenvalue weighted by Crippen LogP contribution is -2.42. The Kier molecular flexibility index (Phi) is 6.20. The van der Waals surface area contributed by atoms with E-state index in [-0.39, 0.29) is 6.42 Å². The molecule has 3 rings (SSSR count). The van der Waals surface area contributed by atoms with Crippen LogP contribution in [0.25, 0.3) is 0 Å². The van der Waals surface area contributed by atoms with Crippen LogP contribution < -0.4 is 10.8 Å². The van der Waals surface area contributed by atoms with E-state index in [4.69, 9.17) is 9.31 Å². The lowest BCUT2D eigenvalue weighted by Gasteiger charge is -2.32. The Labute approximate surface area is 179 Å². The minimum absolute atomic E-state index is 0.0400. The summed E-state index contributed by atoms with van der Waals surface area (Å²) in [4.78, 5) is 23.9. The molecule has 0 bridgehead atoms. The van der Waals surface area contributed by atoms with Crippen LogP contribution >= 0.6 is 0 Å². The first-order valence-electron chi connectivity index (χ1n) is 9.83. The van der Waals surface area contributed by atoms with Gasteiger partial charge in [-0.3, -0.25) is 4.79 Å². The smallest absolute Gasteiger partial charge is 0.480 e. The molecule has 31 heavy (non-hydrogen) atoms. The summed E-state index contributed by atoms with van der Waals surface area (Å²) in [6.45, 7) is 7.79. The van der Waals surface area contributed by atoms with Crippen molar-refractivity contribution in [2.24, 2.45) is 0 Å². The average Bonchev–Trinajstić information content (AvgIpc) is 2.91. The van der Waals surface area contributed by atoms with E-state index in [9.17, 15) is 23.5 Å². The molecule has 1 fully saturated rings. The summed E-state index contributed by atoms with van der Waals surface area (Å²) in [5.41, 5.74) is -0.113. The van der Waals surface area contributed by atoms with Gasteiger partial charge >= 0.3 is 13.1 Å². The fourth-order valence-corrected chi connectivity index (χ4v) is 3.14. The molecule has 0 unspecified atom stereocenters. The Bertz CT molecular complexity index is 978. The molecule has 0 spiro atoms. The van der Waals surface area contributed by atoms with E-state index in [1.807, 2.05) is 27.7 Å². The van der Waals surface area contributed by atoms with Crippen molar-refractivity contribution in [2.75, 3.05) is 0 Å². The molecule has 164 valence electrons. The fraction of sp³-hybridized carbons (Fsp3) is 0.364. The standard InChI is InChI=1S/C22H24BF2NO5/c1-21(2)22(3,4)31-23(30-21)14-10-8-13(9-11-14)12-17(20(28)29)26-19(27)15-6-5-7-16(24)18(15)25/h5-11,17H,12H2,1-4H3,(H,26,27)(H,28,29)/t17-/m1/s1. The second-order valence-corrected chi connectivity index (χ2v) is 8.50. The van der Waals surface area contributed by atoms with Crippen LogP contribution in [-0.2, 0) is 20.5 Å². The summed E-state index contributed by atoms with van der Waals surface area (Å²) in [6.07, 6.45) is -0.0400. The molecular weight excluding hydrogens is 407 g/mol. The minimum atomic E-state index is -1.32. The van der Waals surface area contributed by atoms with Crippen molar-refractivity contribution in [3.8, 4) is 0 Å². The Morgan fingerprint density at radius 2 is 1.61 bits per heavy atom. The maximum atomic E-state index is 13.8. The van der Waals surface area contributed by atoms with Gasteiger partial charge < -0.3 is 19.7 Å². The third-order valence-electron chi connectivity index (χ3n) is 5.74. The largest absolute Gasteiger partial charge is 0.494 e. The highest BCUT2D eigenvalue weighted by Gasteiger charge is 2.51. The van der Waals surface area contributed by atoms with E-state index in [1.165, 1.54) is 6.07 Å². The minimum Gasteiger partial charge on any atom is -0.480 e. The van der Waals surface area contributed by atoms with Crippen molar-refractivity contribution in [1.29, 1.82) is 0 Å². The number of carbonyl (C=O) groups is 2. The SMILES string of the molecule is CC1(C)OB(c2ccc(C[C@@H](NC(=O)c3cccc(F)c3F)C(=O)O)cc2)OC1(C)C. The molecule has 1 saturated heterocycles. The van der Waals surface area contributed by atoms with Crippen molar-refractivity contribution in [1.82, 2.24) is 5.32 Å². The van der Waals surface area contributed by atoms with Gasteiger partial charge in [0.25, 0.3) is 5.91 Å². The van der Waals surface area contributed by atoms with Crippen LogP contribution in [0.3, 0.4) is 0 Å². The van der Waals surface area contributed by atoms with Gasteiger partial charge in [-0.05, 0) is 50.9 Å². The number of carboxylic acids is 1. The maximum Gasteiger partial charge on any atom is 0.494 e. The molecule has 0 radical (unpaired) electrons. The number of halogens is 2. The second-order valence-electron chi connectivity index (χ2n) is 8.50. The van der Waals surface area contributed by atoms with Crippen LogP contribution in [0.15, 0.2) is 42.5 Å². The summed E-state index contributed by atoms with van der Waals surface area (Å²) >= 11 is 0. The Hall–Kier alpha value is -2.78. The van der Waals surface area contributed by atoms with E-state index in [2.05, 4.69) is 5.32 Å². The Morgan fingerprint density at radius 1 is 1.03 bits per heavy atom. The molecule has 2 N–H and O–H groups in total. The predicted octanol–water partition coefficient (Wildman–Crippen LogP) is 2.69. The molecular formula is C22H24BF2NO5. The molecule has 0 saturated carbocycles. The molecule has 1 heterocycles. The van der Waals surface area contributed by atoms with Crippen LogP contribution in [0, 0.1) is 11.6 Å². The number of rotatable bonds is 6. The predicted molar refractivity (Wildman–Crippen MR) is 111 cm³/mol. The third kappa shape index (κ3) is 4.78. The zero-order valence-electron chi connectivity index (χ0n) is 17.7. The van der Waals surface area contributed by atoms with Crippen molar-refractivity contribution >= 4 is 24.5 Å². The fourth-order valence-electron chi connectivity index (χ4n) is 3.14. The number of hydrogen-bond acceptors (Lipinski definition) is 4. The molecule has 2 aromatic carbocycles. The lowest BCUT2D eigenvalue weighted by molar-refractivity contribution is -0.139. The molecule has 1 aliphatic heterocycles. The molecule has 0 aromatic heterocycles. The first kappa shape index (κ1) is 22.9. The molecule has 9 heteroatoms. The molecule has 1 amide bonds. The zero-order chi connectivity index (χ0) is 23.0. The van der Waals surface area contributed by atoms with Crippen LogP contribution in [0.5, 0.6) is 0 Å². The van der Waals surface area contributed by atoms with Gasteiger partial charge in [-0.2, -0.15) is 0 Å². The summed E-state index contributed by atoms with van der Waals surface area (Å²) in [7, 11) is -0.551. The average molecular weight is 431 g/mol. The van der Waals surface area contributed by atoms with Crippen LogP contribution in [0.1, 0.15) is 43.6 Å². The summed E-state index contributed by atoms with van der Waals surface area (Å²) in [5.74, 6) is -4.80. The highest BCUT2D eigenvalue weighted by molar-refractivity contribution is 6.62.